The predicted molar refractivity (Wildman–Crippen MR) is 279 cm³/mol. The van der Waals surface area contributed by atoms with E-state index in [2.05, 4.69) is 27.4 Å². The molecule has 3 saturated heterocycles. The minimum absolute atomic E-state index is 0.000227. The molecule has 19 heteroatoms. The van der Waals surface area contributed by atoms with Crippen molar-refractivity contribution in [2.75, 3.05) is 64.7 Å². The average molecular weight is 1050 g/mol. The summed E-state index contributed by atoms with van der Waals surface area (Å²) < 4.78 is 28.8. The molecule has 0 radical (unpaired) electrons. The molecule has 0 bridgehead atoms. The molecule has 5 aromatic rings. The first kappa shape index (κ1) is 52.0. The summed E-state index contributed by atoms with van der Waals surface area (Å²) in [6, 6.07) is 29.7. The number of nitrogens with one attached hydrogen (secondary N) is 2. The molecule has 0 aromatic heterocycles. The quantitative estimate of drug-likeness (QED) is 0.0924. The van der Waals surface area contributed by atoms with Crippen molar-refractivity contribution in [3.63, 3.8) is 0 Å². The van der Waals surface area contributed by atoms with Crippen molar-refractivity contribution >= 4 is 41.5 Å². The maximum Gasteiger partial charge on any atom is 0.329 e. The topological polar surface area (TPSA) is 232 Å². The first-order valence-electron chi connectivity index (χ1n) is 25.5. The number of morpholine rings is 1. The Labute approximate surface area is 445 Å². The Balaban J connectivity index is 1.19. The number of nitrogens with two attached hydrogens (primary N) is 1. The van der Waals surface area contributed by atoms with Crippen molar-refractivity contribution in [1.82, 2.24) is 25.3 Å². The van der Waals surface area contributed by atoms with Gasteiger partial charge in [-0.1, -0.05) is 105 Å². The Morgan fingerprint density at radius 1 is 0.831 bits per heavy atom. The lowest BCUT2D eigenvalue weighted by Gasteiger charge is -2.46. The van der Waals surface area contributed by atoms with Crippen LogP contribution in [0.4, 0.5) is 15.3 Å². The van der Waals surface area contributed by atoms with Gasteiger partial charge in [0.25, 0.3) is 0 Å². The summed E-state index contributed by atoms with van der Waals surface area (Å²) >= 11 is 0. The Hall–Kier alpha value is -8.44. The molecule has 5 heterocycles. The highest BCUT2D eigenvalue weighted by molar-refractivity contribution is 6.25. The minimum Gasteiger partial charge on any atom is -0.491 e. The van der Waals surface area contributed by atoms with Gasteiger partial charge in [-0.3, -0.25) is 24.2 Å². The largest absolute Gasteiger partial charge is 0.491 e. The van der Waals surface area contributed by atoms with Gasteiger partial charge in [-0.25, -0.2) is 19.3 Å². The summed E-state index contributed by atoms with van der Waals surface area (Å²) in [5, 5.41) is 14.9. The van der Waals surface area contributed by atoms with Crippen LogP contribution in [-0.2, 0) is 40.6 Å². The standard InChI is InChI=1S/C58H59N7O12/c1-35(2)47(53(68)73-3)61-57(72)64-43-22-16-36(11-10-24-60-56(59)71)31-42(43)58(55(64)70)46(52(67)63-27-25-62(26-28-63)33-37-17-23-44-45(32-37)76-34-75-44)49-54(69)77-50(39-14-8-5-9-15-39)48(38-12-6-4-7-13-38)65(49)51(58)40-18-20-41(21-19-40)74-30-29-66/h4-9,12-23,31-32,35,46-51,66H,24-30,33-34H2,1-3H3,(H,61,72)(H3,59,60,71)/t46-,47+,48-,49-,50+,51+,58-/m1/s1. The van der Waals surface area contributed by atoms with E-state index < -0.39 is 83.3 Å². The van der Waals surface area contributed by atoms with E-state index in [1.54, 1.807) is 61.2 Å². The number of carbonyl (C=O) groups excluding carboxylic acids is 6. The van der Waals surface area contributed by atoms with Crippen LogP contribution in [0.5, 0.6) is 17.2 Å². The highest BCUT2D eigenvalue weighted by atomic mass is 16.7. The molecule has 7 atom stereocenters. The Bertz CT molecular complexity index is 3120. The van der Waals surface area contributed by atoms with Crippen molar-refractivity contribution in [3.8, 4) is 29.1 Å². The van der Waals surface area contributed by atoms with Crippen LogP contribution in [0.1, 0.15) is 65.4 Å². The third-order valence-electron chi connectivity index (χ3n) is 15.0. The lowest BCUT2D eigenvalue weighted by molar-refractivity contribution is -0.179. The predicted octanol–water partition coefficient (Wildman–Crippen LogP) is 4.72. The third kappa shape index (κ3) is 9.75. The Kier molecular flexibility index (Phi) is 14.9. The van der Waals surface area contributed by atoms with Crippen LogP contribution in [0.2, 0.25) is 0 Å². The van der Waals surface area contributed by atoms with Gasteiger partial charge in [0.1, 0.15) is 36.0 Å². The van der Waals surface area contributed by atoms with Gasteiger partial charge in [-0.05, 0) is 76.2 Å². The van der Waals surface area contributed by atoms with Gasteiger partial charge in [0, 0.05) is 38.3 Å². The first-order chi connectivity index (χ1) is 37.3. The number of imide groups is 1. The number of anilines is 1. The number of hydrogen-bond acceptors (Lipinski definition) is 14. The molecule has 1 spiro atoms. The molecule has 0 unspecified atom stereocenters. The number of nitrogens with zero attached hydrogens (tertiary/aromatic N) is 4. The van der Waals surface area contributed by atoms with Gasteiger partial charge in [-0.15, -0.1) is 0 Å². The number of piperazine rings is 1. The summed E-state index contributed by atoms with van der Waals surface area (Å²) in [6.45, 7) is 5.07. The van der Waals surface area contributed by atoms with Crippen molar-refractivity contribution in [2.24, 2.45) is 17.6 Å². The van der Waals surface area contributed by atoms with E-state index in [0.717, 1.165) is 10.5 Å². The second kappa shape index (κ2) is 22.0. The molecule has 0 saturated carbocycles. The second-order valence-corrected chi connectivity index (χ2v) is 19.8. The molecule has 0 aliphatic carbocycles. The van der Waals surface area contributed by atoms with Gasteiger partial charge in [-0.2, -0.15) is 0 Å². The number of ether oxygens (including phenoxy) is 5. The number of amides is 6. The normalized spacial score (nSPS) is 22.8. The summed E-state index contributed by atoms with van der Waals surface area (Å²) in [4.78, 5) is 96.0. The van der Waals surface area contributed by atoms with Crippen molar-refractivity contribution < 1.29 is 57.6 Å². The van der Waals surface area contributed by atoms with E-state index in [9.17, 15) is 14.7 Å². The minimum atomic E-state index is -2.13. The molecule has 77 heavy (non-hydrogen) atoms. The summed E-state index contributed by atoms with van der Waals surface area (Å²) in [7, 11) is 1.20. The first-order valence-corrected chi connectivity index (χ1v) is 25.5. The van der Waals surface area contributed by atoms with E-state index >= 15 is 19.2 Å². The molecular formula is C58H59N7O12. The van der Waals surface area contributed by atoms with Crippen LogP contribution in [0.25, 0.3) is 0 Å². The number of benzene rings is 5. The molecule has 10 rings (SSSR count). The van der Waals surface area contributed by atoms with Crippen LogP contribution in [0.15, 0.2) is 121 Å². The molecule has 6 amide bonds. The van der Waals surface area contributed by atoms with Crippen LogP contribution < -0.4 is 35.5 Å². The summed E-state index contributed by atoms with van der Waals surface area (Å²) in [5.74, 6) is 2.77. The van der Waals surface area contributed by atoms with Gasteiger partial charge in [0.05, 0.1) is 44.0 Å². The highest BCUT2D eigenvalue weighted by Crippen LogP contribution is 2.66. The van der Waals surface area contributed by atoms with E-state index in [4.69, 9.17) is 29.4 Å². The van der Waals surface area contributed by atoms with Gasteiger partial charge in [0.15, 0.2) is 11.5 Å². The van der Waals surface area contributed by atoms with Crippen molar-refractivity contribution in [3.05, 3.63) is 155 Å². The van der Waals surface area contributed by atoms with E-state index in [1.807, 2.05) is 83.8 Å². The molecule has 5 aliphatic rings. The smallest absolute Gasteiger partial charge is 0.329 e. The monoisotopic (exact) mass is 1050 g/mol. The fraction of sp³-hybridized carbons (Fsp3) is 0.345. The van der Waals surface area contributed by atoms with Crippen LogP contribution in [-0.4, -0.2) is 128 Å². The zero-order valence-corrected chi connectivity index (χ0v) is 42.8. The SMILES string of the molecule is COC(=O)[C@@H](NC(=O)N1C(=O)[C@@]2(c3cc(C#CCNC(N)=O)ccc31)[C@H](c1ccc(OCCO)cc1)N1[C@H](c3ccccc3)[C@H](c3ccccc3)OC(=O)[C@H]1[C@@H]2C(=O)N1CCN(Cc2ccc3c(c2)OCO3)CC1)C(C)C. The number of hydrogen-bond donors (Lipinski definition) is 4. The second-order valence-electron chi connectivity index (χ2n) is 19.8. The van der Waals surface area contributed by atoms with E-state index in [0.29, 0.717) is 59.1 Å². The number of cyclic esters (lactones) is 1. The van der Waals surface area contributed by atoms with Crippen LogP contribution in [0.3, 0.4) is 0 Å². The zero-order valence-electron chi connectivity index (χ0n) is 42.8. The number of primary amides is 1. The highest BCUT2D eigenvalue weighted by Gasteiger charge is 2.76. The number of rotatable bonds is 13. The lowest BCUT2D eigenvalue weighted by Crippen LogP contribution is -2.59. The van der Waals surface area contributed by atoms with E-state index in [-0.39, 0.29) is 50.9 Å². The zero-order chi connectivity index (χ0) is 54.0. The van der Waals surface area contributed by atoms with Crippen LogP contribution in [0, 0.1) is 23.7 Å². The number of methoxy groups -OCH3 is 1. The lowest BCUT2D eigenvalue weighted by atomic mass is 9.64. The molecule has 5 aromatic carbocycles. The molecule has 3 fully saturated rings. The maximum absolute atomic E-state index is 16.9. The molecule has 5 N–H and O–H groups in total. The number of urea groups is 2. The molecule has 19 nitrogen and oxygen atoms in total. The van der Waals surface area contributed by atoms with Gasteiger partial charge in [0.2, 0.25) is 18.6 Å². The molecule has 398 valence electrons. The molecular weight excluding hydrogens is 987 g/mol. The number of aliphatic hydroxyl groups is 1. The average Bonchev–Trinajstić information content (AvgIpc) is 3.05. The van der Waals surface area contributed by atoms with Crippen molar-refractivity contribution in [2.45, 2.75) is 56.1 Å². The van der Waals surface area contributed by atoms with Crippen molar-refractivity contribution in [1.29, 1.82) is 0 Å². The fourth-order valence-corrected chi connectivity index (χ4v) is 11.6. The Morgan fingerprint density at radius 3 is 2.21 bits per heavy atom. The Morgan fingerprint density at radius 2 is 1.53 bits per heavy atom. The number of esters is 2. The number of carbonyl (C=O) groups is 6. The molecule has 5 aliphatic heterocycles. The number of fused-ring (bicyclic) bond motifs is 4. The fourth-order valence-electron chi connectivity index (χ4n) is 11.6. The maximum atomic E-state index is 16.9. The van der Waals surface area contributed by atoms with Gasteiger partial charge < -0.3 is 50.1 Å². The third-order valence-corrected chi connectivity index (χ3v) is 15.0. The van der Waals surface area contributed by atoms with Gasteiger partial charge >= 0.3 is 24.0 Å². The van der Waals surface area contributed by atoms with Crippen LogP contribution >= 0.6 is 0 Å². The number of aliphatic hydroxyl groups excluding tert-OH is 1. The van der Waals surface area contributed by atoms with E-state index in [1.165, 1.54) is 7.11 Å². The summed E-state index contributed by atoms with van der Waals surface area (Å²) in [6.07, 6.45) is -0.972. The summed E-state index contributed by atoms with van der Waals surface area (Å²) in [5.41, 5.74) is 6.72.